The number of rotatable bonds is 10. The lowest BCUT2D eigenvalue weighted by Crippen LogP contribution is -2.47. The number of benzene rings is 1. The summed E-state index contributed by atoms with van der Waals surface area (Å²) in [6.07, 6.45) is 3.43. The Kier molecular flexibility index (Phi) is 9.73. The minimum absolute atomic E-state index is 0.0909. The van der Waals surface area contributed by atoms with Gasteiger partial charge in [-0.3, -0.25) is 4.79 Å². The number of carbonyl (C=O) groups excluding carboxylic acids is 1. The van der Waals surface area contributed by atoms with E-state index >= 15 is 0 Å². The molecule has 0 saturated carbocycles. The van der Waals surface area contributed by atoms with Crippen LogP contribution in [-0.2, 0) is 11.3 Å². The highest BCUT2D eigenvalue weighted by Gasteiger charge is 2.24. The van der Waals surface area contributed by atoms with Gasteiger partial charge in [0.2, 0.25) is 5.91 Å². The third kappa shape index (κ3) is 8.34. The van der Waals surface area contributed by atoms with Crippen LogP contribution in [0.15, 0.2) is 29.3 Å². The fraction of sp³-hybridized carbons (Fsp3) is 0.600. The summed E-state index contributed by atoms with van der Waals surface area (Å²) in [5.74, 6) is 0.592. The number of nitrogens with zero attached hydrogens (tertiary/aromatic N) is 1. The first-order valence-corrected chi connectivity index (χ1v) is 9.53. The maximum atomic E-state index is 11.2. The maximum Gasteiger partial charge on any atom is 0.221 e. The maximum absolute atomic E-state index is 11.2. The Labute approximate surface area is 157 Å². The Bertz CT molecular complexity index is 581. The second-order valence-corrected chi connectivity index (χ2v) is 6.65. The number of hydrogen-bond donors (Lipinski definition) is 4. The largest absolute Gasteiger partial charge is 0.388 e. The van der Waals surface area contributed by atoms with Gasteiger partial charge in [-0.2, -0.15) is 0 Å². The zero-order valence-corrected chi connectivity index (χ0v) is 16.6. The van der Waals surface area contributed by atoms with E-state index in [4.69, 9.17) is 0 Å². The Morgan fingerprint density at radius 1 is 1.15 bits per heavy atom. The summed E-state index contributed by atoms with van der Waals surface area (Å²) >= 11 is 0. The van der Waals surface area contributed by atoms with Crippen LogP contribution in [0.1, 0.15) is 58.9 Å². The third-order valence-electron chi connectivity index (χ3n) is 4.03. The first kappa shape index (κ1) is 22.0. The minimum atomic E-state index is -0.703. The van der Waals surface area contributed by atoms with Crippen LogP contribution in [0.5, 0.6) is 0 Å². The molecule has 0 spiro atoms. The van der Waals surface area contributed by atoms with Crippen molar-refractivity contribution in [2.45, 2.75) is 65.5 Å². The molecule has 1 rings (SSSR count). The zero-order valence-electron chi connectivity index (χ0n) is 16.6. The number of amides is 1. The molecule has 0 fully saturated rings. The molecule has 0 unspecified atom stereocenters. The van der Waals surface area contributed by atoms with E-state index in [1.807, 2.05) is 31.2 Å². The van der Waals surface area contributed by atoms with E-state index in [9.17, 15) is 9.90 Å². The molecule has 0 aliphatic heterocycles. The van der Waals surface area contributed by atoms with Crippen molar-refractivity contribution in [2.24, 2.45) is 4.99 Å². The summed E-state index contributed by atoms with van der Waals surface area (Å²) < 4.78 is 0. The molecule has 0 aliphatic carbocycles. The fourth-order valence-corrected chi connectivity index (χ4v) is 2.94. The minimum Gasteiger partial charge on any atom is -0.388 e. The van der Waals surface area contributed by atoms with Crippen LogP contribution in [0.3, 0.4) is 0 Å². The summed E-state index contributed by atoms with van der Waals surface area (Å²) in [6, 6.07) is 7.65. The number of carbonyl (C=O) groups is 1. The summed E-state index contributed by atoms with van der Waals surface area (Å²) in [7, 11) is 0. The van der Waals surface area contributed by atoms with Gasteiger partial charge in [-0.25, -0.2) is 4.99 Å². The first-order valence-electron chi connectivity index (χ1n) is 9.53. The number of guanidine groups is 1. The molecule has 4 N–H and O–H groups in total. The van der Waals surface area contributed by atoms with Gasteiger partial charge in [-0.15, -0.1) is 0 Å². The van der Waals surface area contributed by atoms with Crippen LogP contribution >= 0.6 is 0 Å². The Morgan fingerprint density at radius 2 is 1.85 bits per heavy atom. The van der Waals surface area contributed by atoms with Crippen LogP contribution in [0.25, 0.3) is 0 Å². The monoisotopic (exact) mass is 362 g/mol. The molecular formula is C20H34N4O2. The lowest BCUT2D eigenvalue weighted by molar-refractivity contribution is -0.114. The van der Waals surface area contributed by atoms with Crippen LogP contribution in [0, 0.1) is 0 Å². The highest BCUT2D eigenvalue weighted by molar-refractivity contribution is 5.88. The van der Waals surface area contributed by atoms with Crippen molar-refractivity contribution in [3.8, 4) is 0 Å². The normalized spacial score (nSPS) is 12.0. The van der Waals surface area contributed by atoms with Crippen LogP contribution < -0.4 is 16.0 Å². The van der Waals surface area contributed by atoms with Gasteiger partial charge in [-0.05, 0) is 37.5 Å². The van der Waals surface area contributed by atoms with E-state index in [2.05, 4.69) is 34.8 Å². The molecule has 0 bridgehead atoms. The molecule has 146 valence electrons. The van der Waals surface area contributed by atoms with Gasteiger partial charge in [0.1, 0.15) is 0 Å². The van der Waals surface area contributed by atoms with Crippen molar-refractivity contribution in [3.05, 3.63) is 29.8 Å². The number of hydrogen-bond acceptors (Lipinski definition) is 3. The van der Waals surface area contributed by atoms with E-state index in [0.29, 0.717) is 19.0 Å². The molecule has 1 aromatic rings. The SMILES string of the molecule is CCCC(O)(CCC)CNC(=NCc1cccc(NC(C)=O)c1)NCC. The van der Waals surface area contributed by atoms with Crippen LogP contribution in [0.2, 0.25) is 0 Å². The van der Waals surface area contributed by atoms with Crippen molar-refractivity contribution >= 4 is 17.6 Å². The van der Waals surface area contributed by atoms with Gasteiger partial charge in [0.15, 0.2) is 5.96 Å². The molecule has 0 atom stereocenters. The van der Waals surface area contributed by atoms with Gasteiger partial charge in [0, 0.05) is 25.7 Å². The van der Waals surface area contributed by atoms with Crippen molar-refractivity contribution in [2.75, 3.05) is 18.4 Å². The number of aliphatic imine (C=N–C) groups is 1. The lowest BCUT2D eigenvalue weighted by atomic mass is 9.93. The van der Waals surface area contributed by atoms with Gasteiger partial charge in [0.05, 0.1) is 12.1 Å². The quantitative estimate of drug-likeness (QED) is 0.381. The van der Waals surface area contributed by atoms with Crippen LogP contribution in [0.4, 0.5) is 5.69 Å². The average molecular weight is 363 g/mol. The summed E-state index contributed by atoms with van der Waals surface area (Å²) in [5.41, 5.74) is 1.07. The van der Waals surface area contributed by atoms with Crippen LogP contribution in [-0.4, -0.2) is 35.7 Å². The standard InChI is InChI=1S/C20H34N4O2/c1-5-11-20(26,12-6-2)15-23-19(21-7-3)22-14-17-9-8-10-18(13-17)24-16(4)25/h8-10,13,26H,5-7,11-12,14-15H2,1-4H3,(H,24,25)(H2,21,22,23). The lowest BCUT2D eigenvalue weighted by Gasteiger charge is -2.28. The molecule has 0 saturated heterocycles. The molecule has 1 aromatic carbocycles. The Morgan fingerprint density at radius 3 is 2.42 bits per heavy atom. The predicted octanol–water partition coefficient (Wildman–Crippen LogP) is 3.03. The molecule has 6 heteroatoms. The molecule has 0 radical (unpaired) electrons. The molecule has 0 heterocycles. The molecule has 0 aliphatic rings. The molecule has 6 nitrogen and oxygen atoms in total. The second-order valence-electron chi connectivity index (χ2n) is 6.65. The van der Waals surface area contributed by atoms with Gasteiger partial charge in [0.25, 0.3) is 0 Å². The summed E-state index contributed by atoms with van der Waals surface area (Å²) in [6.45, 7) is 9.39. The van der Waals surface area contributed by atoms with Gasteiger partial charge < -0.3 is 21.1 Å². The van der Waals surface area contributed by atoms with E-state index in [1.54, 1.807) is 0 Å². The Balaban J connectivity index is 2.75. The number of anilines is 1. The van der Waals surface area contributed by atoms with E-state index in [-0.39, 0.29) is 5.91 Å². The fourth-order valence-electron chi connectivity index (χ4n) is 2.94. The van der Waals surface area contributed by atoms with Gasteiger partial charge >= 0.3 is 0 Å². The van der Waals surface area contributed by atoms with Crippen molar-refractivity contribution in [1.29, 1.82) is 0 Å². The molecule has 0 aromatic heterocycles. The summed E-state index contributed by atoms with van der Waals surface area (Å²) in [4.78, 5) is 15.8. The third-order valence-corrected chi connectivity index (χ3v) is 4.03. The molecule has 26 heavy (non-hydrogen) atoms. The zero-order chi connectivity index (χ0) is 19.4. The topological polar surface area (TPSA) is 85.8 Å². The van der Waals surface area contributed by atoms with Crippen molar-refractivity contribution in [3.63, 3.8) is 0 Å². The molecule has 1 amide bonds. The van der Waals surface area contributed by atoms with Crippen molar-refractivity contribution < 1.29 is 9.90 Å². The molecular weight excluding hydrogens is 328 g/mol. The van der Waals surface area contributed by atoms with E-state index < -0.39 is 5.60 Å². The second kappa shape index (κ2) is 11.5. The number of nitrogens with one attached hydrogen (secondary N) is 3. The Hall–Kier alpha value is -2.08. The average Bonchev–Trinajstić information content (AvgIpc) is 2.57. The summed E-state index contributed by atoms with van der Waals surface area (Å²) in [5, 5.41) is 20.0. The van der Waals surface area contributed by atoms with Crippen molar-refractivity contribution in [1.82, 2.24) is 10.6 Å². The predicted molar refractivity (Wildman–Crippen MR) is 108 cm³/mol. The highest BCUT2D eigenvalue weighted by Crippen LogP contribution is 2.18. The van der Waals surface area contributed by atoms with E-state index in [1.165, 1.54) is 6.92 Å². The van der Waals surface area contributed by atoms with E-state index in [0.717, 1.165) is 43.5 Å². The highest BCUT2D eigenvalue weighted by atomic mass is 16.3. The first-order chi connectivity index (χ1) is 12.4. The smallest absolute Gasteiger partial charge is 0.221 e. The van der Waals surface area contributed by atoms with Gasteiger partial charge in [-0.1, -0.05) is 38.8 Å². The number of aliphatic hydroxyl groups is 1.